The lowest BCUT2D eigenvalue weighted by Gasteiger charge is -2.12. The molecule has 0 saturated carbocycles. The zero-order valence-electron chi connectivity index (χ0n) is 15.5. The highest BCUT2D eigenvalue weighted by Gasteiger charge is 2.19. The molecule has 4 rings (SSSR count). The fourth-order valence-electron chi connectivity index (χ4n) is 2.94. The van der Waals surface area contributed by atoms with E-state index in [1.807, 2.05) is 0 Å². The van der Waals surface area contributed by atoms with Gasteiger partial charge < -0.3 is 9.73 Å². The number of nitrogens with zero attached hydrogens (tertiary/aromatic N) is 3. The van der Waals surface area contributed by atoms with Gasteiger partial charge in [-0.1, -0.05) is 5.46 Å². The van der Waals surface area contributed by atoms with Crippen LogP contribution < -0.4 is 10.8 Å². The molecule has 0 atom stereocenters. The number of oxazole rings is 1. The zero-order chi connectivity index (χ0) is 21.4. The van der Waals surface area contributed by atoms with E-state index in [2.05, 4.69) is 15.3 Å². The van der Waals surface area contributed by atoms with Gasteiger partial charge in [0.2, 0.25) is 5.89 Å². The maximum atomic E-state index is 14.3. The number of anilines is 1. The highest BCUT2D eigenvalue weighted by Crippen LogP contribution is 2.31. The molecule has 2 aromatic carbocycles. The van der Waals surface area contributed by atoms with Crippen molar-refractivity contribution in [2.75, 3.05) is 5.32 Å². The van der Waals surface area contributed by atoms with Gasteiger partial charge in [0, 0.05) is 17.4 Å². The van der Waals surface area contributed by atoms with Crippen LogP contribution in [0.1, 0.15) is 21.5 Å². The van der Waals surface area contributed by atoms with Crippen molar-refractivity contribution in [1.29, 1.82) is 5.26 Å². The summed E-state index contributed by atoms with van der Waals surface area (Å²) < 4.78 is 34.1. The van der Waals surface area contributed by atoms with Gasteiger partial charge in [0.25, 0.3) is 5.91 Å². The fraction of sp³-hybridized carbons (Fsp3) is 0.0476. The molecule has 2 heterocycles. The second kappa shape index (κ2) is 7.41. The van der Waals surface area contributed by atoms with E-state index in [1.165, 1.54) is 24.4 Å². The van der Waals surface area contributed by atoms with Crippen molar-refractivity contribution in [2.45, 2.75) is 6.92 Å². The molecule has 2 aromatic heterocycles. The number of rotatable bonds is 3. The van der Waals surface area contributed by atoms with Gasteiger partial charge in [-0.2, -0.15) is 10.2 Å². The quantitative estimate of drug-likeness (QED) is 0.533. The molecule has 0 aliphatic heterocycles. The van der Waals surface area contributed by atoms with Crippen LogP contribution in [0.2, 0.25) is 0 Å². The molecule has 0 fully saturated rings. The molecule has 4 aromatic rings. The molecule has 0 aliphatic rings. The van der Waals surface area contributed by atoms with Gasteiger partial charge in [0.1, 0.15) is 19.5 Å². The van der Waals surface area contributed by atoms with Crippen LogP contribution in [-0.4, -0.2) is 23.7 Å². The SMILES string of the molecule is [B]c1cnc2nc(-c3cc(F)cc(NC(=O)c4ccc(C#N)cc4F)c3C)oc2c1. The van der Waals surface area contributed by atoms with Crippen molar-refractivity contribution < 1.29 is 18.0 Å². The van der Waals surface area contributed by atoms with Gasteiger partial charge in [-0.25, -0.2) is 13.8 Å². The van der Waals surface area contributed by atoms with Crippen LogP contribution in [0.3, 0.4) is 0 Å². The summed E-state index contributed by atoms with van der Waals surface area (Å²) in [5.74, 6) is -2.20. The Morgan fingerprint density at radius 3 is 2.77 bits per heavy atom. The first-order valence-corrected chi connectivity index (χ1v) is 8.69. The summed E-state index contributed by atoms with van der Waals surface area (Å²) in [5.41, 5.74) is 1.69. The second-order valence-corrected chi connectivity index (χ2v) is 6.50. The molecule has 9 heteroatoms. The molecular weight excluding hydrogens is 389 g/mol. The third-order valence-corrected chi connectivity index (χ3v) is 4.46. The summed E-state index contributed by atoms with van der Waals surface area (Å²) in [6.45, 7) is 1.64. The minimum absolute atomic E-state index is 0.0819. The predicted molar refractivity (Wildman–Crippen MR) is 106 cm³/mol. The van der Waals surface area contributed by atoms with E-state index in [0.717, 1.165) is 12.1 Å². The smallest absolute Gasteiger partial charge is 0.258 e. The molecule has 30 heavy (non-hydrogen) atoms. The minimum Gasteiger partial charge on any atom is -0.434 e. The van der Waals surface area contributed by atoms with Crippen LogP contribution in [0.25, 0.3) is 22.7 Å². The monoisotopic (exact) mass is 400 g/mol. The largest absolute Gasteiger partial charge is 0.434 e. The summed E-state index contributed by atoms with van der Waals surface area (Å²) >= 11 is 0. The average Bonchev–Trinajstić information content (AvgIpc) is 3.13. The van der Waals surface area contributed by atoms with Crippen molar-refractivity contribution in [3.05, 3.63) is 70.9 Å². The summed E-state index contributed by atoms with van der Waals surface area (Å²) in [7, 11) is 5.68. The van der Waals surface area contributed by atoms with E-state index in [0.29, 0.717) is 27.8 Å². The van der Waals surface area contributed by atoms with Gasteiger partial charge >= 0.3 is 0 Å². The molecule has 0 spiro atoms. The molecule has 144 valence electrons. The van der Waals surface area contributed by atoms with E-state index in [4.69, 9.17) is 17.5 Å². The number of carbonyl (C=O) groups is 1. The third kappa shape index (κ3) is 3.51. The number of aromatic nitrogens is 2. The Labute approximate surface area is 170 Å². The standard InChI is InChI=1S/C21H11BF2N4O2/c1-10-15(21-28-19-18(30-21)5-12(22)9-26-19)6-13(23)7-17(10)27-20(29)14-3-2-11(8-25)4-16(14)24/h2-7,9H,1H3,(H,27,29). The predicted octanol–water partition coefficient (Wildman–Crippen LogP) is 3.39. The molecule has 0 aliphatic carbocycles. The van der Waals surface area contributed by atoms with E-state index in [9.17, 15) is 13.6 Å². The maximum Gasteiger partial charge on any atom is 0.258 e. The summed E-state index contributed by atoms with van der Waals surface area (Å²) in [5, 5.41) is 11.3. The number of amides is 1. The normalized spacial score (nSPS) is 10.7. The molecule has 0 unspecified atom stereocenters. The van der Waals surface area contributed by atoms with E-state index in [1.54, 1.807) is 19.1 Å². The number of pyridine rings is 1. The number of nitriles is 1. The molecule has 1 amide bonds. The molecule has 2 radical (unpaired) electrons. The Morgan fingerprint density at radius 1 is 1.23 bits per heavy atom. The van der Waals surface area contributed by atoms with Crippen LogP contribution >= 0.6 is 0 Å². The summed E-state index contributed by atoms with van der Waals surface area (Å²) in [4.78, 5) is 20.8. The van der Waals surface area contributed by atoms with Crippen molar-refractivity contribution in [3.8, 4) is 17.5 Å². The Balaban J connectivity index is 1.72. The van der Waals surface area contributed by atoms with Crippen LogP contribution in [-0.2, 0) is 0 Å². The van der Waals surface area contributed by atoms with Crippen LogP contribution in [0.4, 0.5) is 14.5 Å². The van der Waals surface area contributed by atoms with E-state index in [-0.39, 0.29) is 22.7 Å². The summed E-state index contributed by atoms with van der Waals surface area (Å²) in [6.07, 6.45) is 1.42. The zero-order valence-corrected chi connectivity index (χ0v) is 15.5. The average molecular weight is 400 g/mol. The molecule has 0 saturated heterocycles. The van der Waals surface area contributed by atoms with Gasteiger partial charge in [-0.3, -0.25) is 4.79 Å². The van der Waals surface area contributed by atoms with Gasteiger partial charge in [0.15, 0.2) is 11.2 Å². The maximum absolute atomic E-state index is 14.3. The molecular formula is C21H11BF2N4O2. The van der Waals surface area contributed by atoms with E-state index >= 15 is 0 Å². The number of fused-ring (bicyclic) bond motifs is 1. The number of halogens is 2. The van der Waals surface area contributed by atoms with Gasteiger partial charge in [-0.05, 0) is 48.9 Å². The number of hydrogen-bond donors (Lipinski definition) is 1. The first-order chi connectivity index (χ1) is 14.4. The van der Waals surface area contributed by atoms with Crippen molar-refractivity contribution in [1.82, 2.24) is 9.97 Å². The molecule has 0 bridgehead atoms. The minimum atomic E-state index is -0.858. The molecule has 1 N–H and O–H groups in total. The number of carbonyl (C=O) groups excluding carboxylic acids is 1. The number of hydrogen-bond acceptors (Lipinski definition) is 5. The van der Waals surface area contributed by atoms with Crippen LogP contribution in [0.5, 0.6) is 0 Å². The first-order valence-electron chi connectivity index (χ1n) is 8.69. The Hall–Kier alpha value is -4.06. The van der Waals surface area contributed by atoms with Crippen molar-refractivity contribution in [3.63, 3.8) is 0 Å². The van der Waals surface area contributed by atoms with Gasteiger partial charge in [0.05, 0.1) is 17.2 Å². The Kier molecular flexibility index (Phi) is 4.76. The van der Waals surface area contributed by atoms with Crippen molar-refractivity contribution >= 4 is 36.1 Å². The van der Waals surface area contributed by atoms with Gasteiger partial charge in [-0.15, -0.1) is 0 Å². The fourth-order valence-corrected chi connectivity index (χ4v) is 2.94. The topological polar surface area (TPSA) is 91.8 Å². The lowest BCUT2D eigenvalue weighted by atomic mass is 9.99. The highest BCUT2D eigenvalue weighted by molar-refractivity contribution is 6.32. The second-order valence-electron chi connectivity index (χ2n) is 6.50. The summed E-state index contributed by atoms with van der Waals surface area (Å²) in [6, 6.07) is 9.11. The molecule has 6 nitrogen and oxygen atoms in total. The number of benzene rings is 2. The highest BCUT2D eigenvalue weighted by atomic mass is 19.1. The lowest BCUT2D eigenvalue weighted by Crippen LogP contribution is -2.15. The Bertz CT molecular complexity index is 1360. The Morgan fingerprint density at radius 2 is 2.03 bits per heavy atom. The lowest BCUT2D eigenvalue weighted by molar-refractivity contribution is 0.102. The van der Waals surface area contributed by atoms with Crippen molar-refractivity contribution in [2.24, 2.45) is 0 Å². The van der Waals surface area contributed by atoms with E-state index < -0.39 is 17.5 Å². The third-order valence-electron chi connectivity index (χ3n) is 4.46. The number of nitrogens with one attached hydrogen (secondary N) is 1. The van der Waals surface area contributed by atoms with Crippen LogP contribution in [0.15, 0.2) is 47.0 Å². The van der Waals surface area contributed by atoms with Crippen LogP contribution in [0, 0.1) is 29.9 Å². The first kappa shape index (κ1) is 19.3.